The van der Waals surface area contributed by atoms with Crippen LogP contribution >= 0.6 is 0 Å². The van der Waals surface area contributed by atoms with Crippen LogP contribution in [0.1, 0.15) is 24.5 Å². The standard InChI is InChI=1S/C23H24N2O6S/c1-14(2)13-30-17-6-9-19-15(3)20(23(27)31-21(19)12-17)10-11-22(26)25-16-4-7-18(8-5-16)32(24,28)29/h4-9,12H,1,10-11,13H2,2-3H3,(H,25,26)(H2,24,28,29). The first-order valence-corrected chi connectivity index (χ1v) is 11.4. The molecule has 0 aliphatic heterocycles. The molecule has 32 heavy (non-hydrogen) atoms. The summed E-state index contributed by atoms with van der Waals surface area (Å²) in [5.74, 6) is 0.249. The van der Waals surface area contributed by atoms with Gasteiger partial charge in [-0.05, 0) is 67.8 Å². The molecule has 0 bridgehead atoms. The molecule has 3 aromatic rings. The van der Waals surface area contributed by atoms with Crippen LogP contribution in [0.3, 0.4) is 0 Å². The maximum Gasteiger partial charge on any atom is 0.339 e. The minimum Gasteiger partial charge on any atom is -0.489 e. The molecular weight excluding hydrogens is 432 g/mol. The Morgan fingerprint density at radius 1 is 1.19 bits per heavy atom. The van der Waals surface area contributed by atoms with Crippen molar-refractivity contribution in [1.29, 1.82) is 0 Å². The highest BCUT2D eigenvalue weighted by molar-refractivity contribution is 7.89. The van der Waals surface area contributed by atoms with E-state index in [9.17, 15) is 18.0 Å². The zero-order valence-electron chi connectivity index (χ0n) is 17.8. The minimum absolute atomic E-state index is 0.0481. The van der Waals surface area contributed by atoms with Crippen LogP contribution in [0.25, 0.3) is 11.0 Å². The van der Waals surface area contributed by atoms with E-state index in [1.165, 1.54) is 24.3 Å². The molecule has 1 amide bonds. The molecule has 0 atom stereocenters. The lowest BCUT2D eigenvalue weighted by Crippen LogP contribution is -2.17. The summed E-state index contributed by atoms with van der Waals surface area (Å²) >= 11 is 0. The fourth-order valence-corrected chi connectivity index (χ4v) is 3.67. The Morgan fingerprint density at radius 2 is 1.88 bits per heavy atom. The van der Waals surface area contributed by atoms with E-state index in [0.29, 0.717) is 29.2 Å². The average Bonchev–Trinajstić information content (AvgIpc) is 2.71. The second-order valence-corrected chi connectivity index (χ2v) is 9.08. The smallest absolute Gasteiger partial charge is 0.339 e. The van der Waals surface area contributed by atoms with E-state index in [1.807, 2.05) is 19.9 Å². The lowest BCUT2D eigenvalue weighted by atomic mass is 10.0. The van der Waals surface area contributed by atoms with Crippen molar-refractivity contribution < 1.29 is 22.4 Å². The van der Waals surface area contributed by atoms with Gasteiger partial charge in [0.15, 0.2) is 0 Å². The molecule has 3 rings (SSSR count). The van der Waals surface area contributed by atoms with Crippen molar-refractivity contribution in [3.63, 3.8) is 0 Å². The highest BCUT2D eigenvalue weighted by Crippen LogP contribution is 2.25. The molecule has 2 aromatic carbocycles. The van der Waals surface area contributed by atoms with Crippen LogP contribution in [0.2, 0.25) is 0 Å². The van der Waals surface area contributed by atoms with E-state index < -0.39 is 15.6 Å². The van der Waals surface area contributed by atoms with Gasteiger partial charge in [0.1, 0.15) is 17.9 Å². The van der Waals surface area contributed by atoms with Gasteiger partial charge in [0.2, 0.25) is 15.9 Å². The Kier molecular flexibility index (Phi) is 6.81. The summed E-state index contributed by atoms with van der Waals surface area (Å²) in [6.07, 6.45) is 0.243. The molecule has 3 N–H and O–H groups in total. The highest BCUT2D eigenvalue weighted by Gasteiger charge is 2.14. The van der Waals surface area contributed by atoms with Crippen molar-refractivity contribution >= 4 is 32.6 Å². The van der Waals surface area contributed by atoms with Crippen LogP contribution in [0.5, 0.6) is 5.75 Å². The summed E-state index contributed by atoms with van der Waals surface area (Å²) in [4.78, 5) is 24.8. The summed E-state index contributed by atoms with van der Waals surface area (Å²) in [6, 6.07) is 10.8. The fourth-order valence-electron chi connectivity index (χ4n) is 3.15. The van der Waals surface area contributed by atoms with Crippen LogP contribution in [-0.2, 0) is 21.2 Å². The maximum absolute atomic E-state index is 12.5. The Morgan fingerprint density at radius 3 is 2.50 bits per heavy atom. The number of fused-ring (bicyclic) bond motifs is 1. The average molecular weight is 457 g/mol. The Balaban J connectivity index is 1.71. The number of aryl methyl sites for hydroxylation is 1. The summed E-state index contributed by atoms with van der Waals surface area (Å²) < 4.78 is 33.7. The number of sulfonamides is 1. The van der Waals surface area contributed by atoms with Gasteiger partial charge in [-0.1, -0.05) is 6.58 Å². The molecule has 0 saturated heterocycles. The van der Waals surface area contributed by atoms with Crippen LogP contribution in [0.15, 0.2) is 68.7 Å². The Hall–Kier alpha value is -3.43. The summed E-state index contributed by atoms with van der Waals surface area (Å²) in [5.41, 5.74) is 2.37. The number of carbonyl (C=O) groups excluding carboxylic acids is 1. The van der Waals surface area contributed by atoms with Gasteiger partial charge in [-0.25, -0.2) is 18.4 Å². The Labute approximate surface area is 185 Å². The molecule has 0 spiro atoms. The topological polar surface area (TPSA) is 129 Å². The molecule has 0 aliphatic carbocycles. The SMILES string of the molecule is C=C(C)COc1ccc2c(C)c(CCC(=O)Nc3ccc(S(N)(=O)=O)cc3)c(=O)oc2c1. The highest BCUT2D eigenvalue weighted by atomic mass is 32.2. The number of hydrogen-bond acceptors (Lipinski definition) is 6. The van der Waals surface area contributed by atoms with Gasteiger partial charge in [-0.3, -0.25) is 4.79 Å². The van der Waals surface area contributed by atoms with Gasteiger partial charge in [-0.2, -0.15) is 0 Å². The second kappa shape index (κ2) is 9.37. The van der Waals surface area contributed by atoms with E-state index in [4.69, 9.17) is 14.3 Å². The van der Waals surface area contributed by atoms with Crippen LogP contribution in [-0.4, -0.2) is 20.9 Å². The number of hydrogen-bond donors (Lipinski definition) is 2. The molecule has 8 nitrogen and oxygen atoms in total. The Bertz CT molecular complexity index is 1340. The monoisotopic (exact) mass is 456 g/mol. The number of amides is 1. The molecule has 1 heterocycles. The maximum atomic E-state index is 12.5. The number of nitrogens with two attached hydrogens (primary N) is 1. The molecule has 0 aliphatic rings. The first-order valence-electron chi connectivity index (χ1n) is 9.81. The molecule has 0 saturated carbocycles. The van der Waals surface area contributed by atoms with Gasteiger partial charge in [0.25, 0.3) is 0 Å². The predicted octanol–water partition coefficient (Wildman–Crippen LogP) is 3.28. The predicted molar refractivity (Wildman–Crippen MR) is 122 cm³/mol. The van der Waals surface area contributed by atoms with Crippen LogP contribution < -0.4 is 20.8 Å². The van der Waals surface area contributed by atoms with E-state index in [1.54, 1.807) is 12.1 Å². The van der Waals surface area contributed by atoms with Crippen molar-refractivity contribution in [3.05, 3.63) is 76.2 Å². The summed E-state index contributed by atoms with van der Waals surface area (Å²) in [6.45, 7) is 7.82. The van der Waals surface area contributed by atoms with Gasteiger partial charge in [0.05, 0.1) is 4.90 Å². The summed E-state index contributed by atoms with van der Waals surface area (Å²) in [7, 11) is -3.80. The number of nitrogens with one attached hydrogen (secondary N) is 1. The van der Waals surface area contributed by atoms with Gasteiger partial charge >= 0.3 is 5.63 Å². The van der Waals surface area contributed by atoms with E-state index in [0.717, 1.165) is 16.5 Å². The van der Waals surface area contributed by atoms with Crippen molar-refractivity contribution in [1.82, 2.24) is 0 Å². The molecule has 9 heteroatoms. The summed E-state index contributed by atoms with van der Waals surface area (Å²) in [5, 5.41) is 8.49. The van der Waals surface area contributed by atoms with Gasteiger partial charge in [-0.15, -0.1) is 0 Å². The van der Waals surface area contributed by atoms with Crippen molar-refractivity contribution in [2.75, 3.05) is 11.9 Å². The third kappa shape index (κ3) is 5.63. The molecule has 1 aromatic heterocycles. The normalized spacial score (nSPS) is 11.3. The zero-order valence-corrected chi connectivity index (χ0v) is 18.6. The number of ether oxygens (including phenoxy) is 1. The molecular formula is C23H24N2O6S. The molecule has 0 unspecified atom stereocenters. The quantitative estimate of drug-likeness (QED) is 0.395. The van der Waals surface area contributed by atoms with Gasteiger partial charge < -0.3 is 14.5 Å². The van der Waals surface area contributed by atoms with Crippen LogP contribution in [0, 0.1) is 6.92 Å². The largest absolute Gasteiger partial charge is 0.489 e. The molecule has 168 valence electrons. The number of benzene rings is 2. The van der Waals surface area contributed by atoms with Crippen molar-refractivity contribution in [3.8, 4) is 5.75 Å². The number of rotatable bonds is 8. The number of carbonyl (C=O) groups is 1. The number of anilines is 1. The lowest BCUT2D eigenvalue weighted by Gasteiger charge is -2.10. The third-order valence-electron chi connectivity index (χ3n) is 4.81. The third-order valence-corrected chi connectivity index (χ3v) is 5.74. The fraction of sp³-hybridized carbons (Fsp3) is 0.217. The first kappa shape index (κ1) is 23.2. The molecule has 0 fully saturated rings. The van der Waals surface area contributed by atoms with E-state index in [2.05, 4.69) is 11.9 Å². The second-order valence-electron chi connectivity index (χ2n) is 7.51. The first-order chi connectivity index (χ1) is 15.0. The minimum atomic E-state index is -3.80. The number of primary sulfonamides is 1. The molecule has 0 radical (unpaired) electrons. The van der Waals surface area contributed by atoms with E-state index in [-0.39, 0.29) is 23.6 Å². The van der Waals surface area contributed by atoms with Crippen LogP contribution in [0.4, 0.5) is 5.69 Å². The van der Waals surface area contributed by atoms with Crippen molar-refractivity contribution in [2.24, 2.45) is 5.14 Å². The van der Waals surface area contributed by atoms with Gasteiger partial charge in [0, 0.05) is 29.1 Å². The lowest BCUT2D eigenvalue weighted by molar-refractivity contribution is -0.116. The van der Waals surface area contributed by atoms with Crippen molar-refractivity contribution in [2.45, 2.75) is 31.6 Å². The van der Waals surface area contributed by atoms with E-state index >= 15 is 0 Å². The zero-order chi connectivity index (χ0) is 23.5.